The first-order chi connectivity index (χ1) is 15.8. The molecule has 1 aromatic carbocycles. The number of ether oxygens (including phenoxy) is 1. The SMILES string of the molecule is [2H]C([2H])(C1CCOCC1)N1C[C@H]2CC(Nc3nnc(-c4cc(F)ccc4F)cc3C)C[C@H]2C1. The Morgan fingerprint density at radius 3 is 2.58 bits per heavy atom. The third kappa shape index (κ3) is 4.58. The Kier molecular flexibility index (Phi) is 5.23. The van der Waals surface area contributed by atoms with Crippen LogP contribution in [-0.2, 0) is 4.74 Å². The fraction of sp³-hybridized carbons (Fsp3) is 0.583. The van der Waals surface area contributed by atoms with Crippen LogP contribution in [0.3, 0.4) is 0 Å². The van der Waals surface area contributed by atoms with Crippen molar-refractivity contribution in [2.24, 2.45) is 17.8 Å². The molecule has 0 spiro atoms. The Labute approximate surface area is 185 Å². The van der Waals surface area contributed by atoms with Gasteiger partial charge < -0.3 is 15.0 Å². The van der Waals surface area contributed by atoms with Crippen molar-refractivity contribution in [2.45, 2.75) is 38.6 Å². The van der Waals surface area contributed by atoms with Crippen molar-refractivity contribution in [3.8, 4) is 11.3 Å². The highest BCUT2D eigenvalue weighted by Crippen LogP contribution is 2.40. The van der Waals surface area contributed by atoms with Crippen molar-refractivity contribution in [3.05, 3.63) is 41.5 Å². The quantitative estimate of drug-likeness (QED) is 0.767. The summed E-state index contributed by atoms with van der Waals surface area (Å²) in [5.74, 6) is 0.589. The van der Waals surface area contributed by atoms with Gasteiger partial charge in [-0.2, -0.15) is 0 Å². The molecule has 3 fully saturated rings. The maximum atomic E-state index is 14.1. The summed E-state index contributed by atoms with van der Waals surface area (Å²) < 4.78 is 50.5. The molecule has 3 heterocycles. The van der Waals surface area contributed by atoms with Gasteiger partial charge in [0.05, 0.1) is 5.69 Å². The molecule has 31 heavy (non-hydrogen) atoms. The number of anilines is 1. The molecule has 0 bridgehead atoms. The molecule has 5 nitrogen and oxygen atoms in total. The predicted molar refractivity (Wildman–Crippen MR) is 116 cm³/mol. The molecule has 7 heteroatoms. The molecular weight excluding hydrogens is 398 g/mol. The number of aromatic nitrogens is 2. The Bertz CT molecular complexity index is 1000. The number of benzene rings is 1. The monoisotopic (exact) mass is 430 g/mol. The van der Waals surface area contributed by atoms with E-state index in [1.807, 2.05) is 6.92 Å². The maximum Gasteiger partial charge on any atom is 0.151 e. The average molecular weight is 431 g/mol. The van der Waals surface area contributed by atoms with Gasteiger partial charge in [0.15, 0.2) is 5.82 Å². The molecule has 1 unspecified atom stereocenters. The normalized spacial score (nSPS) is 28.3. The van der Waals surface area contributed by atoms with Crippen LogP contribution in [-0.4, -0.2) is 53.9 Å². The number of aryl methyl sites for hydroxylation is 1. The van der Waals surface area contributed by atoms with E-state index in [1.54, 1.807) is 6.07 Å². The van der Waals surface area contributed by atoms with Gasteiger partial charge in [0.25, 0.3) is 0 Å². The topological polar surface area (TPSA) is 50.3 Å². The van der Waals surface area contributed by atoms with Gasteiger partial charge >= 0.3 is 0 Å². The molecule has 0 amide bonds. The van der Waals surface area contributed by atoms with Crippen molar-refractivity contribution in [2.75, 3.05) is 38.1 Å². The molecule has 5 rings (SSSR count). The number of halogens is 2. The summed E-state index contributed by atoms with van der Waals surface area (Å²) in [5.41, 5.74) is 1.24. The summed E-state index contributed by atoms with van der Waals surface area (Å²) >= 11 is 0. The molecular formula is C24H30F2N4O. The Balaban J connectivity index is 1.21. The summed E-state index contributed by atoms with van der Waals surface area (Å²) in [4.78, 5) is 2.06. The second-order valence-electron chi connectivity index (χ2n) is 9.14. The molecule has 1 aromatic heterocycles. The van der Waals surface area contributed by atoms with Crippen LogP contribution in [0.25, 0.3) is 11.3 Å². The van der Waals surface area contributed by atoms with Gasteiger partial charge in [-0.05, 0) is 80.2 Å². The maximum absolute atomic E-state index is 14.1. The zero-order valence-corrected chi connectivity index (χ0v) is 17.8. The van der Waals surface area contributed by atoms with Crippen LogP contribution in [0.5, 0.6) is 0 Å². The third-order valence-corrected chi connectivity index (χ3v) is 6.87. The van der Waals surface area contributed by atoms with E-state index in [1.165, 1.54) is 0 Å². The van der Waals surface area contributed by atoms with Crippen molar-refractivity contribution >= 4 is 5.82 Å². The van der Waals surface area contributed by atoms with E-state index >= 15 is 0 Å². The molecule has 3 aliphatic rings. The second-order valence-corrected chi connectivity index (χ2v) is 9.14. The molecule has 1 saturated carbocycles. The fourth-order valence-electron chi connectivity index (χ4n) is 5.25. The number of hydrogen-bond acceptors (Lipinski definition) is 5. The first-order valence-corrected chi connectivity index (χ1v) is 11.2. The van der Waals surface area contributed by atoms with Gasteiger partial charge in [-0.1, -0.05) is 0 Å². The lowest BCUT2D eigenvalue weighted by atomic mass is 10.00. The minimum atomic E-state index is -1.28. The van der Waals surface area contributed by atoms with Crippen molar-refractivity contribution in [3.63, 3.8) is 0 Å². The highest BCUT2D eigenvalue weighted by atomic mass is 19.1. The van der Waals surface area contributed by atoms with Gasteiger partial charge in [-0.25, -0.2) is 8.78 Å². The smallest absolute Gasteiger partial charge is 0.151 e. The zero-order valence-electron chi connectivity index (χ0n) is 19.8. The van der Waals surface area contributed by atoms with Crippen LogP contribution in [0, 0.1) is 36.3 Å². The van der Waals surface area contributed by atoms with Crippen molar-refractivity contribution in [1.29, 1.82) is 0 Å². The number of nitrogens with zero attached hydrogens (tertiary/aromatic N) is 3. The van der Waals surface area contributed by atoms with Crippen LogP contribution >= 0.6 is 0 Å². The molecule has 1 aliphatic carbocycles. The third-order valence-electron chi connectivity index (χ3n) is 6.87. The van der Waals surface area contributed by atoms with E-state index in [9.17, 15) is 8.78 Å². The fourth-order valence-corrected chi connectivity index (χ4v) is 5.25. The summed E-state index contributed by atoms with van der Waals surface area (Å²) in [7, 11) is 0. The highest BCUT2D eigenvalue weighted by molar-refractivity contribution is 5.62. The van der Waals surface area contributed by atoms with E-state index in [4.69, 9.17) is 7.48 Å². The highest BCUT2D eigenvalue weighted by Gasteiger charge is 2.41. The van der Waals surface area contributed by atoms with Crippen LogP contribution < -0.4 is 5.32 Å². The average Bonchev–Trinajstić information content (AvgIpc) is 3.37. The van der Waals surface area contributed by atoms with E-state index in [0.29, 0.717) is 36.6 Å². The van der Waals surface area contributed by atoms with Crippen molar-refractivity contribution in [1.82, 2.24) is 15.1 Å². The van der Waals surface area contributed by atoms with Crippen LogP contribution in [0.1, 0.15) is 34.0 Å². The minimum absolute atomic E-state index is 0.0402. The lowest BCUT2D eigenvalue weighted by molar-refractivity contribution is 0.0545. The number of rotatable bonds is 5. The van der Waals surface area contributed by atoms with Crippen LogP contribution in [0.15, 0.2) is 24.3 Å². The first kappa shape index (κ1) is 18.5. The molecule has 0 radical (unpaired) electrons. The van der Waals surface area contributed by atoms with E-state index in [2.05, 4.69) is 20.4 Å². The summed E-state index contributed by atoms with van der Waals surface area (Å²) in [6.45, 7) is 3.49. The Hall–Kier alpha value is -2.12. The summed E-state index contributed by atoms with van der Waals surface area (Å²) in [6.07, 6.45) is 3.51. The van der Waals surface area contributed by atoms with Gasteiger partial charge in [-0.3, -0.25) is 0 Å². The Morgan fingerprint density at radius 2 is 1.87 bits per heavy atom. The number of hydrogen-bond donors (Lipinski definition) is 1. The second kappa shape index (κ2) is 8.79. The zero-order chi connectivity index (χ0) is 23.2. The standard InChI is InChI=1S/C24H30F2N4O/c1-15-8-23(21-11-19(25)2-3-22(21)26)28-29-24(15)27-20-9-17-13-30(14-18(17)10-20)12-16-4-6-31-7-5-16/h2-3,8,11,16-18,20H,4-7,9-10,12-14H2,1H3,(H,27,29)/t17-,18+,20?/i12D2. The number of nitrogens with one attached hydrogen (secondary N) is 1. The van der Waals surface area contributed by atoms with E-state index in [0.717, 1.165) is 62.5 Å². The molecule has 2 saturated heterocycles. The van der Waals surface area contributed by atoms with Gasteiger partial charge in [-0.15, -0.1) is 10.2 Å². The first-order valence-electron chi connectivity index (χ1n) is 12.2. The molecule has 1 N–H and O–H groups in total. The molecule has 166 valence electrons. The summed E-state index contributed by atoms with van der Waals surface area (Å²) in [6, 6.07) is 5.30. The molecule has 3 atom stereocenters. The van der Waals surface area contributed by atoms with Gasteiger partial charge in [0.2, 0.25) is 0 Å². The van der Waals surface area contributed by atoms with Crippen LogP contribution in [0.2, 0.25) is 0 Å². The number of likely N-dealkylation sites (tertiary alicyclic amines) is 1. The Morgan fingerprint density at radius 1 is 1.13 bits per heavy atom. The van der Waals surface area contributed by atoms with E-state index in [-0.39, 0.29) is 17.5 Å². The lowest BCUT2D eigenvalue weighted by Gasteiger charge is -2.27. The van der Waals surface area contributed by atoms with Crippen LogP contribution in [0.4, 0.5) is 14.6 Å². The predicted octanol–water partition coefficient (Wildman–Crippen LogP) is 4.28. The summed E-state index contributed by atoms with van der Waals surface area (Å²) in [5, 5.41) is 11.9. The van der Waals surface area contributed by atoms with Gasteiger partial charge in [0.1, 0.15) is 11.6 Å². The molecule has 2 aromatic rings. The molecule has 2 aliphatic heterocycles. The van der Waals surface area contributed by atoms with E-state index < -0.39 is 18.1 Å². The van der Waals surface area contributed by atoms with Crippen molar-refractivity contribution < 1.29 is 16.3 Å². The lowest BCUT2D eigenvalue weighted by Crippen LogP contribution is -2.32. The minimum Gasteiger partial charge on any atom is -0.381 e. The number of fused-ring (bicyclic) bond motifs is 1. The van der Waals surface area contributed by atoms with Gasteiger partial charge in [0, 0.05) is 47.1 Å². The largest absolute Gasteiger partial charge is 0.381 e.